The van der Waals surface area contributed by atoms with Crippen molar-refractivity contribution in [2.75, 3.05) is 12.4 Å². The van der Waals surface area contributed by atoms with Gasteiger partial charge in [-0.25, -0.2) is 0 Å². The summed E-state index contributed by atoms with van der Waals surface area (Å²) in [6, 6.07) is 13.5. The molecule has 0 saturated carbocycles. The van der Waals surface area contributed by atoms with Crippen LogP contribution in [0.1, 0.15) is 29.2 Å². The minimum absolute atomic E-state index is 0.0734. The van der Waals surface area contributed by atoms with Gasteiger partial charge in [-0.15, -0.1) is 0 Å². The summed E-state index contributed by atoms with van der Waals surface area (Å²) in [5, 5.41) is 2.88. The highest BCUT2D eigenvalue weighted by atomic mass is 16.5. The lowest BCUT2D eigenvalue weighted by Crippen LogP contribution is -2.20. The van der Waals surface area contributed by atoms with Gasteiger partial charge in [-0.2, -0.15) is 0 Å². The summed E-state index contributed by atoms with van der Waals surface area (Å²) in [4.78, 5) is 11.4. The largest absolute Gasteiger partial charge is 0.496 e. The fraction of sp³-hybridized carbons (Fsp3) is 0.235. The molecule has 1 atom stereocenters. The number of carbonyl (C=O) groups is 1. The molecule has 0 aliphatic carbocycles. The lowest BCUT2D eigenvalue weighted by molar-refractivity contribution is -0.116. The molecule has 108 valence electrons. The molecule has 21 heavy (non-hydrogen) atoms. The van der Waals surface area contributed by atoms with Crippen LogP contribution in [0.15, 0.2) is 42.5 Å². The van der Waals surface area contributed by atoms with Gasteiger partial charge in [0.2, 0.25) is 5.91 Å². The van der Waals surface area contributed by atoms with Gasteiger partial charge in [-0.1, -0.05) is 30.3 Å². The fourth-order valence-corrected chi connectivity index (χ4v) is 2.70. The lowest BCUT2D eigenvalue weighted by Gasteiger charge is -2.21. The van der Waals surface area contributed by atoms with Gasteiger partial charge >= 0.3 is 0 Å². The molecule has 1 aliphatic rings. The van der Waals surface area contributed by atoms with Crippen LogP contribution in [-0.4, -0.2) is 13.0 Å². The van der Waals surface area contributed by atoms with Crippen molar-refractivity contribution >= 4 is 11.6 Å². The molecule has 0 saturated heterocycles. The molecule has 0 fully saturated rings. The van der Waals surface area contributed by atoms with Crippen LogP contribution in [0.25, 0.3) is 0 Å². The first-order chi connectivity index (χ1) is 10.2. The molecule has 1 aliphatic heterocycles. The van der Waals surface area contributed by atoms with E-state index >= 15 is 0 Å². The van der Waals surface area contributed by atoms with Gasteiger partial charge in [0, 0.05) is 17.7 Å². The number of hydrogen-bond acceptors (Lipinski definition) is 3. The molecule has 2 aromatic carbocycles. The third kappa shape index (κ3) is 2.62. The second-order valence-corrected chi connectivity index (χ2v) is 5.18. The first kappa shape index (κ1) is 13.6. The Morgan fingerprint density at radius 3 is 2.81 bits per heavy atom. The number of carbonyl (C=O) groups excluding carboxylic acids is 1. The van der Waals surface area contributed by atoms with E-state index in [0.717, 1.165) is 34.5 Å². The molecule has 0 radical (unpaired) electrons. The highest BCUT2D eigenvalue weighted by Gasteiger charge is 2.18. The number of benzene rings is 2. The number of para-hydroxylation sites is 1. The minimum atomic E-state index is -0.246. The summed E-state index contributed by atoms with van der Waals surface area (Å²) >= 11 is 0. The van der Waals surface area contributed by atoms with Crippen molar-refractivity contribution in [3.05, 3.63) is 59.2 Å². The maximum atomic E-state index is 11.4. The molecular formula is C17H18N2O2. The number of aryl methyl sites for hydroxylation is 1. The summed E-state index contributed by atoms with van der Waals surface area (Å²) < 4.78 is 5.38. The molecular weight excluding hydrogens is 264 g/mol. The average Bonchev–Trinajstić information content (AvgIpc) is 2.53. The predicted molar refractivity (Wildman–Crippen MR) is 82.4 cm³/mol. The number of nitrogens with two attached hydrogens (primary N) is 1. The Bertz CT molecular complexity index is 682. The van der Waals surface area contributed by atoms with Gasteiger partial charge in [-0.05, 0) is 29.7 Å². The third-order valence-corrected chi connectivity index (χ3v) is 3.86. The van der Waals surface area contributed by atoms with Crippen LogP contribution < -0.4 is 15.8 Å². The number of amides is 1. The van der Waals surface area contributed by atoms with Crippen molar-refractivity contribution in [3.63, 3.8) is 0 Å². The smallest absolute Gasteiger partial charge is 0.224 e. The Labute approximate surface area is 123 Å². The van der Waals surface area contributed by atoms with Gasteiger partial charge in [0.15, 0.2) is 0 Å². The van der Waals surface area contributed by atoms with E-state index in [1.165, 1.54) is 0 Å². The zero-order valence-corrected chi connectivity index (χ0v) is 11.9. The van der Waals surface area contributed by atoms with Crippen molar-refractivity contribution in [3.8, 4) is 5.75 Å². The molecule has 3 N–H and O–H groups in total. The van der Waals surface area contributed by atoms with Gasteiger partial charge in [0.05, 0.1) is 13.2 Å². The van der Waals surface area contributed by atoms with E-state index in [9.17, 15) is 4.79 Å². The average molecular weight is 282 g/mol. The second-order valence-electron chi connectivity index (χ2n) is 5.18. The Kier molecular flexibility index (Phi) is 3.62. The van der Waals surface area contributed by atoms with Crippen molar-refractivity contribution in [1.29, 1.82) is 0 Å². The first-order valence-electron chi connectivity index (χ1n) is 7.00. The van der Waals surface area contributed by atoms with E-state index in [0.29, 0.717) is 6.42 Å². The second kappa shape index (κ2) is 5.58. The van der Waals surface area contributed by atoms with Gasteiger partial charge < -0.3 is 15.8 Å². The van der Waals surface area contributed by atoms with Gasteiger partial charge in [0.25, 0.3) is 0 Å². The molecule has 4 nitrogen and oxygen atoms in total. The Hall–Kier alpha value is -2.33. The standard InChI is InChI=1S/C17H18N2O2/c1-21-15-5-3-2-4-13(15)17(18)12-6-8-14-11(10-12)7-9-16(20)19-14/h2-6,8,10,17H,7,9,18H2,1H3,(H,19,20). The summed E-state index contributed by atoms with van der Waals surface area (Å²) in [6.07, 6.45) is 1.29. The highest BCUT2D eigenvalue weighted by molar-refractivity contribution is 5.93. The minimum Gasteiger partial charge on any atom is -0.496 e. The molecule has 0 aromatic heterocycles. The van der Waals surface area contributed by atoms with E-state index in [4.69, 9.17) is 10.5 Å². The zero-order chi connectivity index (χ0) is 14.8. The van der Waals surface area contributed by atoms with Crippen LogP contribution in [0.5, 0.6) is 5.75 Å². The summed E-state index contributed by atoms with van der Waals surface area (Å²) in [6.45, 7) is 0. The Morgan fingerprint density at radius 2 is 2.00 bits per heavy atom. The van der Waals surface area contributed by atoms with E-state index in [1.54, 1.807) is 7.11 Å². The summed E-state index contributed by atoms with van der Waals surface area (Å²) in [5.74, 6) is 0.861. The van der Waals surface area contributed by atoms with Crippen LogP contribution in [0.4, 0.5) is 5.69 Å². The molecule has 3 rings (SSSR count). The van der Waals surface area contributed by atoms with Crippen molar-refractivity contribution < 1.29 is 9.53 Å². The maximum absolute atomic E-state index is 11.4. The third-order valence-electron chi connectivity index (χ3n) is 3.86. The molecule has 4 heteroatoms. The van der Waals surface area contributed by atoms with Crippen molar-refractivity contribution in [2.24, 2.45) is 5.73 Å². The lowest BCUT2D eigenvalue weighted by atomic mass is 9.94. The van der Waals surface area contributed by atoms with Crippen LogP contribution in [0.3, 0.4) is 0 Å². The van der Waals surface area contributed by atoms with E-state index < -0.39 is 0 Å². The maximum Gasteiger partial charge on any atom is 0.224 e. The normalized spacial score (nSPS) is 15.0. The Morgan fingerprint density at radius 1 is 1.19 bits per heavy atom. The van der Waals surface area contributed by atoms with Gasteiger partial charge in [-0.3, -0.25) is 4.79 Å². The van der Waals surface area contributed by atoms with Crippen molar-refractivity contribution in [1.82, 2.24) is 0 Å². The number of ether oxygens (including phenoxy) is 1. The Balaban J connectivity index is 1.95. The molecule has 1 unspecified atom stereocenters. The SMILES string of the molecule is COc1ccccc1C(N)c1ccc2c(c1)CCC(=O)N2. The summed E-state index contributed by atoms with van der Waals surface area (Å²) in [7, 11) is 1.65. The van der Waals surface area contributed by atoms with Crippen molar-refractivity contribution in [2.45, 2.75) is 18.9 Å². The van der Waals surface area contributed by atoms with E-state index in [-0.39, 0.29) is 11.9 Å². The monoisotopic (exact) mass is 282 g/mol. The number of hydrogen-bond donors (Lipinski definition) is 2. The topological polar surface area (TPSA) is 64.3 Å². The number of anilines is 1. The van der Waals surface area contributed by atoms with Crippen LogP contribution in [-0.2, 0) is 11.2 Å². The quantitative estimate of drug-likeness (QED) is 0.909. The van der Waals surface area contributed by atoms with E-state index in [2.05, 4.69) is 11.4 Å². The molecule has 0 bridgehead atoms. The highest BCUT2D eigenvalue weighted by Crippen LogP contribution is 2.31. The molecule has 2 aromatic rings. The number of rotatable bonds is 3. The molecule has 1 amide bonds. The van der Waals surface area contributed by atoms with Crippen LogP contribution in [0, 0.1) is 0 Å². The predicted octanol–water partition coefficient (Wildman–Crippen LogP) is 2.63. The molecule has 1 heterocycles. The molecule has 0 spiro atoms. The van der Waals surface area contributed by atoms with Crippen LogP contribution >= 0.6 is 0 Å². The fourth-order valence-electron chi connectivity index (χ4n) is 2.70. The van der Waals surface area contributed by atoms with Crippen LogP contribution in [0.2, 0.25) is 0 Å². The summed E-state index contributed by atoms with van der Waals surface area (Å²) in [5.41, 5.74) is 10.4. The zero-order valence-electron chi connectivity index (χ0n) is 11.9. The first-order valence-corrected chi connectivity index (χ1v) is 7.00. The van der Waals surface area contributed by atoms with E-state index in [1.807, 2.05) is 36.4 Å². The van der Waals surface area contributed by atoms with Gasteiger partial charge in [0.1, 0.15) is 5.75 Å². The number of methoxy groups -OCH3 is 1. The number of nitrogens with one attached hydrogen (secondary N) is 1. The number of fused-ring (bicyclic) bond motifs is 1.